The van der Waals surface area contributed by atoms with Crippen molar-refractivity contribution in [3.8, 4) is 0 Å². The molecule has 5 heteroatoms. The van der Waals surface area contributed by atoms with E-state index in [2.05, 4.69) is 0 Å². The minimum atomic E-state index is -0.453. The molecule has 0 spiro atoms. The van der Waals surface area contributed by atoms with E-state index in [1.807, 2.05) is 29.2 Å². The molecule has 1 aliphatic heterocycles. The summed E-state index contributed by atoms with van der Waals surface area (Å²) >= 11 is 6.09. The molecule has 0 unspecified atom stereocenters. The molecule has 22 heavy (non-hydrogen) atoms. The topological polar surface area (TPSA) is 46.3 Å². The Bertz CT molecular complexity index is 699. The maximum atomic E-state index is 14.0. The maximum Gasteiger partial charge on any atom is 0.235 e. The SMILES string of the molecule is NC(=O)[C@@H]1Cc2ccccc2CN1Cc1c(F)cccc1Cl. The van der Waals surface area contributed by atoms with Gasteiger partial charge in [-0.3, -0.25) is 9.69 Å². The van der Waals surface area contributed by atoms with Crippen molar-refractivity contribution in [1.82, 2.24) is 4.90 Å². The van der Waals surface area contributed by atoms with Crippen LogP contribution in [0.4, 0.5) is 4.39 Å². The molecular weight excluding hydrogens is 303 g/mol. The van der Waals surface area contributed by atoms with Crippen LogP contribution < -0.4 is 5.73 Å². The molecule has 1 aliphatic rings. The molecule has 1 atom stereocenters. The van der Waals surface area contributed by atoms with Gasteiger partial charge in [0.25, 0.3) is 0 Å². The highest BCUT2D eigenvalue weighted by atomic mass is 35.5. The van der Waals surface area contributed by atoms with Crippen molar-refractivity contribution in [2.75, 3.05) is 0 Å². The van der Waals surface area contributed by atoms with Gasteiger partial charge in [-0.1, -0.05) is 41.9 Å². The quantitative estimate of drug-likeness (QED) is 0.946. The van der Waals surface area contributed by atoms with E-state index in [-0.39, 0.29) is 12.4 Å². The molecule has 114 valence electrons. The second-order valence-corrected chi connectivity index (χ2v) is 5.90. The summed E-state index contributed by atoms with van der Waals surface area (Å²) in [6.07, 6.45) is 0.539. The summed E-state index contributed by atoms with van der Waals surface area (Å²) in [5, 5.41) is 0.363. The normalized spacial score (nSPS) is 18.0. The fourth-order valence-corrected chi connectivity index (χ4v) is 3.13. The highest BCUT2D eigenvalue weighted by Gasteiger charge is 2.30. The summed E-state index contributed by atoms with van der Waals surface area (Å²) in [5.41, 5.74) is 8.18. The van der Waals surface area contributed by atoms with Crippen LogP contribution in [-0.4, -0.2) is 16.8 Å². The van der Waals surface area contributed by atoms with Crippen molar-refractivity contribution in [1.29, 1.82) is 0 Å². The number of primary amides is 1. The first kappa shape index (κ1) is 15.0. The molecule has 2 N–H and O–H groups in total. The minimum Gasteiger partial charge on any atom is -0.368 e. The molecule has 0 saturated carbocycles. The van der Waals surface area contributed by atoms with Crippen LogP contribution in [0.25, 0.3) is 0 Å². The minimum absolute atomic E-state index is 0.257. The van der Waals surface area contributed by atoms with Gasteiger partial charge in [0.05, 0.1) is 6.04 Å². The second kappa shape index (κ2) is 6.07. The highest BCUT2D eigenvalue weighted by Crippen LogP contribution is 2.28. The molecule has 0 saturated heterocycles. The Balaban J connectivity index is 1.93. The van der Waals surface area contributed by atoms with E-state index in [9.17, 15) is 9.18 Å². The average Bonchev–Trinajstić information content (AvgIpc) is 2.50. The zero-order chi connectivity index (χ0) is 15.7. The van der Waals surface area contributed by atoms with E-state index in [0.29, 0.717) is 23.6 Å². The molecule has 3 rings (SSSR count). The van der Waals surface area contributed by atoms with E-state index < -0.39 is 11.9 Å². The zero-order valence-electron chi connectivity index (χ0n) is 11.9. The van der Waals surface area contributed by atoms with Gasteiger partial charge in [-0.25, -0.2) is 4.39 Å². The van der Waals surface area contributed by atoms with Crippen LogP contribution in [0.15, 0.2) is 42.5 Å². The molecule has 0 aromatic heterocycles. The summed E-state index contributed by atoms with van der Waals surface area (Å²) in [6, 6.07) is 12.1. The molecule has 1 amide bonds. The molecule has 3 nitrogen and oxygen atoms in total. The average molecular weight is 319 g/mol. The monoisotopic (exact) mass is 318 g/mol. The van der Waals surface area contributed by atoms with Gasteiger partial charge < -0.3 is 5.73 Å². The van der Waals surface area contributed by atoms with Crippen LogP contribution >= 0.6 is 11.6 Å². The van der Waals surface area contributed by atoms with E-state index in [1.165, 1.54) is 6.07 Å². The third kappa shape index (κ3) is 2.85. The maximum absolute atomic E-state index is 14.0. The molecule has 0 bridgehead atoms. The third-order valence-electron chi connectivity index (χ3n) is 4.10. The number of amides is 1. The smallest absolute Gasteiger partial charge is 0.235 e. The first-order chi connectivity index (χ1) is 10.6. The van der Waals surface area contributed by atoms with Gasteiger partial charge in [-0.15, -0.1) is 0 Å². The Morgan fingerprint density at radius 1 is 1.23 bits per heavy atom. The Morgan fingerprint density at radius 3 is 2.64 bits per heavy atom. The van der Waals surface area contributed by atoms with Crippen LogP contribution in [0.2, 0.25) is 5.02 Å². The number of carbonyl (C=O) groups is 1. The van der Waals surface area contributed by atoms with Gasteiger partial charge in [0.1, 0.15) is 5.82 Å². The summed E-state index contributed by atoms with van der Waals surface area (Å²) < 4.78 is 14.0. The van der Waals surface area contributed by atoms with Crippen LogP contribution in [0, 0.1) is 5.82 Å². The number of hydrogen-bond donors (Lipinski definition) is 1. The lowest BCUT2D eigenvalue weighted by Crippen LogP contribution is -2.48. The number of nitrogens with two attached hydrogens (primary N) is 1. The zero-order valence-corrected chi connectivity index (χ0v) is 12.7. The van der Waals surface area contributed by atoms with E-state index >= 15 is 0 Å². The lowest BCUT2D eigenvalue weighted by Gasteiger charge is -2.35. The molecule has 1 heterocycles. The molecule has 2 aromatic carbocycles. The molecule has 2 aromatic rings. The van der Waals surface area contributed by atoms with Crippen LogP contribution in [0.3, 0.4) is 0 Å². The van der Waals surface area contributed by atoms with Crippen LogP contribution in [-0.2, 0) is 24.3 Å². The highest BCUT2D eigenvalue weighted by molar-refractivity contribution is 6.31. The fourth-order valence-electron chi connectivity index (χ4n) is 2.91. The van der Waals surface area contributed by atoms with Crippen LogP contribution in [0.5, 0.6) is 0 Å². The predicted molar refractivity (Wildman–Crippen MR) is 83.8 cm³/mol. The number of hydrogen-bond acceptors (Lipinski definition) is 2. The number of carbonyl (C=O) groups excluding carboxylic acids is 1. The summed E-state index contributed by atoms with van der Waals surface area (Å²) in [4.78, 5) is 13.7. The number of benzene rings is 2. The van der Waals surface area contributed by atoms with Crippen molar-refractivity contribution in [3.63, 3.8) is 0 Å². The van der Waals surface area contributed by atoms with Crippen molar-refractivity contribution >= 4 is 17.5 Å². The summed E-state index contributed by atoms with van der Waals surface area (Å²) in [6.45, 7) is 0.807. The third-order valence-corrected chi connectivity index (χ3v) is 4.45. The molecule has 0 fully saturated rings. The first-order valence-electron chi connectivity index (χ1n) is 7.09. The first-order valence-corrected chi connectivity index (χ1v) is 7.47. The van der Waals surface area contributed by atoms with Crippen molar-refractivity contribution in [2.24, 2.45) is 5.73 Å². The van der Waals surface area contributed by atoms with Gasteiger partial charge in [0, 0.05) is 23.7 Å². The lowest BCUT2D eigenvalue weighted by molar-refractivity contribution is -0.124. The van der Waals surface area contributed by atoms with Gasteiger partial charge in [-0.05, 0) is 29.7 Å². The molecule has 0 radical (unpaired) electrons. The van der Waals surface area contributed by atoms with Crippen LogP contribution in [0.1, 0.15) is 16.7 Å². The lowest BCUT2D eigenvalue weighted by atomic mass is 9.93. The number of rotatable bonds is 3. The Hall–Kier alpha value is -1.91. The number of nitrogens with zero attached hydrogens (tertiary/aromatic N) is 1. The fraction of sp³-hybridized carbons (Fsp3) is 0.235. The Labute approximate surface area is 133 Å². The summed E-state index contributed by atoms with van der Waals surface area (Å²) in [7, 11) is 0. The van der Waals surface area contributed by atoms with Gasteiger partial charge in [0.15, 0.2) is 0 Å². The van der Waals surface area contributed by atoms with E-state index in [4.69, 9.17) is 17.3 Å². The van der Waals surface area contributed by atoms with Gasteiger partial charge >= 0.3 is 0 Å². The van der Waals surface area contributed by atoms with E-state index in [0.717, 1.165) is 11.1 Å². The summed E-state index contributed by atoms with van der Waals surface area (Å²) in [5.74, 6) is -0.767. The number of halogens is 2. The Kier molecular flexibility index (Phi) is 4.14. The standard InChI is InChI=1S/C17H16ClFN2O/c18-14-6-3-7-15(19)13(14)10-21-9-12-5-2-1-4-11(12)8-16(21)17(20)22/h1-7,16H,8-10H2,(H2,20,22)/t16-/m0/s1. The largest absolute Gasteiger partial charge is 0.368 e. The predicted octanol–water partition coefficient (Wildman–Crippen LogP) is 2.89. The van der Waals surface area contributed by atoms with Crippen molar-refractivity contribution < 1.29 is 9.18 Å². The van der Waals surface area contributed by atoms with E-state index in [1.54, 1.807) is 12.1 Å². The van der Waals surface area contributed by atoms with Gasteiger partial charge in [0.2, 0.25) is 5.91 Å². The molecular formula is C17H16ClFN2O. The van der Waals surface area contributed by atoms with Crippen molar-refractivity contribution in [2.45, 2.75) is 25.6 Å². The second-order valence-electron chi connectivity index (χ2n) is 5.50. The number of fused-ring (bicyclic) bond motifs is 1. The molecule has 0 aliphatic carbocycles. The Morgan fingerprint density at radius 2 is 1.95 bits per heavy atom. The van der Waals surface area contributed by atoms with Gasteiger partial charge in [-0.2, -0.15) is 0 Å². The van der Waals surface area contributed by atoms with Crippen molar-refractivity contribution in [3.05, 3.63) is 70.0 Å².